The Morgan fingerprint density at radius 3 is 2.73 bits per heavy atom. The maximum Gasteiger partial charge on any atom is 0.117 e. The highest BCUT2D eigenvalue weighted by atomic mass is 32.2. The summed E-state index contributed by atoms with van der Waals surface area (Å²) in [6, 6.07) is 0. The second-order valence-electron chi connectivity index (χ2n) is 2.39. The monoisotopic (exact) mass is 171 g/mol. The highest BCUT2D eigenvalue weighted by Gasteiger charge is 2.02. The molecule has 0 saturated heterocycles. The minimum atomic E-state index is 0.704. The fourth-order valence-corrected chi connectivity index (χ4v) is 1.67. The molecule has 0 radical (unpaired) electrons. The zero-order valence-corrected chi connectivity index (χ0v) is 7.66. The van der Waals surface area contributed by atoms with Crippen molar-refractivity contribution >= 4 is 11.8 Å². The predicted molar refractivity (Wildman–Crippen MR) is 47.8 cm³/mol. The molecule has 1 aromatic heterocycles. The van der Waals surface area contributed by atoms with Gasteiger partial charge in [0.1, 0.15) is 10.9 Å². The molecule has 0 unspecified atom stereocenters. The summed E-state index contributed by atoms with van der Waals surface area (Å²) >= 11 is 1.70. The lowest BCUT2D eigenvalue weighted by Gasteiger charge is -1.93. The molecule has 0 aliphatic rings. The molecule has 0 aliphatic heterocycles. The van der Waals surface area contributed by atoms with E-state index in [-0.39, 0.29) is 0 Å². The summed E-state index contributed by atoms with van der Waals surface area (Å²) in [5.41, 5.74) is 6.51. The van der Waals surface area contributed by atoms with Crippen molar-refractivity contribution in [3.63, 3.8) is 0 Å². The van der Waals surface area contributed by atoms with Crippen molar-refractivity contribution in [1.29, 1.82) is 0 Å². The van der Waals surface area contributed by atoms with Crippen molar-refractivity contribution in [2.75, 3.05) is 12.3 Å². The van der Waals surface area contributed by atoms with Crippen LogP contribution < -0.4 is 5.73 Å². The summed E-state index contributed by atoms with van der Waals surface area (Å²) in [7, 11) is 0. The molecule has 1 rings (SSSR count). The van der Waals surface area contributed by atoms with Crippen LogP contribution in [0.25, 0.3) is 0 Å². The van der Waals surface area contributed by atoms with E-state index in [1.54, 1.807) is 11.8 Å². The van der Waals surface area contributed by atoms with E-state index >= 15 is 0 Å². The van der Waals surface area contributed by atoms with E-state index in [2.05, 4.69) is 9.97 Å². The van der Waals surface area contributed by atoms with Crippen LogP contribution in [-0.2, 0) is 0 Å². The number of nitrogens with two attached hydrogens (primary N) is 1. The van der Waals surface area contributed by atoms with Gasteiger partial charge in [0.15, 0.2) is 0 Å². The molecule has 0 spiro atoms. The predicted octanol–water partition coefficient (Wildman–Crippen LogP) is 1.08. The number of aryl methyl sites for hydroxylation is 2. The largest absolute Gasteiger partial charge is 0.345 e. The molecule has 0 aromatic carbocycles. The van der Waals surface area contributed by atoms with Gasteiger partial charge in [-0.05, 0) is 13.8 Å². The minimum absolute atomic E-state index is 0.704. The lowest BCUT2D eigenvalue weighted by atomic mass is 10.6. The molecule has 3 N–H and O–H groups in total. The minimum Gasteiger partial charge on any atom is -0.345 e. The SMILES string of the molecule is Cc1nc(SCCN)c(C)[nH]1. The number of hydrogen-bond acceptors (Lipinski definition) is 3. The molecule has 0 aliphatic carbocycles. The lowest BCUT2D eigenvalue weighted by Crippen LogP contribution is -2.01. The van der Waals surface area contributed by atoms with Gasteiger partial charge in [0.05, 0.1) is 0 Å². The molecule has 0 atom stereocenters. The number of thioether (sulfide) groups is 1. The number of aromatic amines is 1. The first kappa shape index (κ1) is 8.62. The highest BCUT2D eigenvalue weighted by Crippen LogP contribution is 2.18. The third kappa shape index (κ3) is 2.24. The van der Waals surface area contributed by atoms with E-state index in [1.165, 1.54) is 0 Å². The maximum absolute atomic E-state index is 5.37. The van der Waals surface area contributed by atoms with Gasteiger partial charge < -0.3 is 10.7 Å². The zero-order valence-electron chi connectivity index (χ0n) is 6.85. The summed E-state index contributed by atoms with van der Waals surface area (Å²) in [5, 5.41) is 1.08. The lowest BCUT2D eigenvalue weighted by molar-refractivity contribution is 1.09. The van der Waals surface area contributed by atoms with Crippen LogP contribution >= 0.6 is 11.8 Å². The smallest absolute Gasteiger partial charge is 0.117 e. The van der Waals surface area contributed by atoms with Crippen LogP contribution in [0.3, 0.4) is 0 Å². The second kappa shape index (κ2) is 3.78. The van der Waals surface area contributed by atoms with Crippen molar-refractivity contribution in [3.8, 4) is 0 Å². The van der Waals surface area contributed by atoms with Gasteiger partial charge >= 0.3 is 0 Å². The van der Waals surface area contributed by atoms with E-state index in [0.717, 1.165) is 22.3 Å². The van der Waals surface area contributed by atoms with E-state index < -0.39 is 0 Å². The first-order chi connectivity index (χ1) is 5.24. The van der Waals surface area contributed by atoms with Crippen molar-refractivity contribution < 1.29 is 0 Å². The Bertz CT molecular complexity index is 232. The summed E-state index contributed by atoms with van der Waals surface area (Å²) in [6.45, 7) is 4.69. The summed E-state index contributed by atoms with van der Waals surface area (Å²) in [4.78, 5) is 7.44. The molecule has 0 saturated carbocycles. The van der Waals surface area contributed by atoms with E-state index in [1.807, 2.05) is 13.8 Å². The highest BCUT2D eigenvalue weighted by molar-refractivity contribution is 7.99. The van der Waals surface area contributed by atoms with Crippen molar-refractivity contribution in [1.82, 2.24) is 9.97 Å². The Hall–Kier alpha value is -0.480. The summed E-state index contributed by atoms with van der Waals surface area (Å²) < 4.78 is 0. The van der Waals surface area contributed by atoms with Gasteiger partial charge in [0.2, 0.25) is 0 Å². The second-order valence-corrected chi connectivity index (χ2v) is 3.47. The molecule has 11 heavy (non-hydrogen) atoms. The van der Waals surface area contributed by atoms with Crippen LogP contribution in [0.15, 0.2) is 5.03 Å². The molecule has 4 heteroatoms. The number of hydrogen-bond donors (Lipinski definition) is 2. The van der Waals surface area contributed by atoms with Gasteiger partial charge in [0.25, 0.3) is 0 Å². The first-order valence-corrected chi connectivity index (χ1v) is 4.58. The molecule has 1 heterocycles. The quantitative estimate of drug-likeness (QED) is 0.669. The van der Waals surface area contributed by atoms with Crippen LogP contribution in [0.5, 0.6) is 0 Å². The van der Waals surface area contributed by atoms with Gasteiger partial charge in [-0.3, -0.25) is 0 Å². The van der Waals surface area contributed by atoms with Crippen LogP contribution in [-0.4, -0.2) is 22.3 Å². The molecule has 0 bridgehead atoms. The number of H-pyrrole nitrogens is 1. The first-order valence-electron chi connectivity index (χ1n) is 3.60. The zero-order chi connectivity index (χ0) is 8.27. The van der Waals surface area contributed by atoms with Gasteiger partial charge in [-0.2, -0.15) is 0 Å². The molecule has 3 nitrogen and oxygen atoms in total. The fourth-order valence-electron chi connectivity index (χ4n) is 0.885. The van der Waals surface area contributed by atoms with Crippen LogP contribution in [0.1, 0.15) is 11.5 Å². The fraction of sp³-hybridized carbons (Fsp3) is 0.571. The number of nitrogens with zero attached hydrogens (tertiary/aromatic N) is 1. The van der Waals surface area contributed by atoms with Gasteiger partial charge in [-0.15, -0.1) is 11.8 Å². The standard InChI is InChI=1S/C7H13N3S/c1-5-7(11-4-3-8)10-6(2)9-5/h3-4,8H2,1-2H3,(H,9,10). The molecule has 0 amide bonds. The van der Waals surface area contributed by atoms with E-state index in [9.17, 15) is 0 Å². The number of rotatable bonds is 3. The third-order valence-electron chi connectivity index (χ3n) is 1.32. The van der Waals surface area contributed by atoms with E-state index in [0.29, 0.717) is 6.54 Å². The Morgan fingerprint density at radius 1 is 1.55 bits per heavy atom. The Balaban J connectivity index is 2.62. The van der Waals surface area contributed by atoms with Gasteiger partial charge in [-0.1, -0.05) is 0 Å². The molecular formula is C7H13N3S. The Morgan fingerprint density at radius 2 is 2.27 bits per heavy atom. The van der Waals surface area contributed by atoms with Crippen molar-refractivity contribution in [2.45, 2.75) is 18.9 Å². The van der Waals surface area contributed by atoms with Crippen LogP contribution in [0, 0.1) is 13.8 Å². The Labute approximate surface area is 70.8 Å². The molecule has 0 fully saturated rings. The third-order valence-corrected chi connectivity index (χ3v) is 2.43. The maximum atomic E-state index is 5.37. The van der Waals surface area contributed by atoms with Crippen molar-refractivity contribution in [3.05, 3.63) is 11.5 Å². The van der Waals surface area contributed by atoms with Gasteiger partial charge in [0, 0.05) is 18.0 Å². The Kier molecular flexibility index (Phi) is 2.96. The number of nitrogens with one attached hydrogen (secondary N) is 1. The number of imidazole rings is 1. The number of aromatic nitrogens is 2. The molecule has 1 aromatic rings. The molecule has 62 valence electrons. The average Bonchev–Trinajstić information content (AvgIpc) is 2.26. The molecular weight excluding hydrogens is 158 g/mol. The summed E-state index contributed by atoms with van der Waals surface area (Å²) in [5.74, 6) is 1.91. The van der Waals surface area contributed by atoms with Crippen molar-refractivity contribution in [2.24, 2.45) is 5.73 Å². The van der Waals surface area contributed by atoms with E-state index in [4.69, 9.17) is 5.73 Å². The summed E-state index contributed by atoms with van der Waals surface area (Å²) in [6.07, 6.45) is 0. The normalized spacial score (nSPS) is 10.5. The van der Waals surface area contributed by atoms with Crippen LogP contribution in [0.4, 0.5) is 0 Å². The topological polar surface area (TPSA) is 54.7 Å². The van der Waals surface area contributed by atoms with Gasteiger partial charge in [-0.25, -0.2) is 4.98 Å². The average molecular weight is 171 g/mol. The van der Waals surface area contributed by atoms with Crippen LogP contribution in [0.2, 0.25) is 0 Å².